The molecule has 1 aliphatic heterocycles. The van der Waals surface area contributed by atoms with Crippen LogP contribution in [0.2, 0.25) is 0 Å². The van der Waals surface area contributed by atoms with Gasteiger partial charge in [-0.25, -0.2) is 0 Å². The smallest absolute Gasteiger partial charge is 0.328 e. The normalized spacial score (nSPS) is 21.7. The van der Waals surface area contributed by atoms with E-state index in [4.69, 9.17) is 5.73 Å². The van der Waals surface area contributed by atoms with Gasteiger partial charge in [0.2, 0.25) is 0 Å². The number of piperidine rings is 1. The third-order valence-electron chi connectivity index (χ3n) is 4.24. The van der Waals surface area contributed by atoms with E-state index in [1.165, 1.54) is 12.1 Å². The Morgan fingerprint density at radius 1 is 1.14 bits per heavy atom. The lowest BCUT2D eigenvalue weighted by Gasteiger charge is -2.29. The zero-order valence-electron chi connectivity index (χ0n) is 11.9. The molecule has 116 valence electrons. The van der Waals surface area contributed by atoms with Crippen LogP contribution in [0.25, 0.3) is 0 Å². The Morgan fingerprint density at radius 2 is 1.81 bits per heavy atom. The number of halogens is 3. The molecule has 1 saturated carbocycles. The van der Waals surface area contributed by atoms with Crippen molar-refractivity contribution < 1.29 is 13.2 Å². The van der Waals surface area contributed by atoms with Gasteiger partial charge in [0.05, 0.1) is 11.3 Å². The molecule has 2 N–H and O–H groups in total. The summed E-state index contributed by atoms with van der Waals surface area (Å²) in [6.07, 6.45) is -0.604. The van der Waals surface area contributed by atoms with Crippen LogP contribution in [0.5, 0.6) is 0 Å². The molecule has 1 saturated heterocycles. The molecule has 21 heavy (non-hydrogen) atoms. The van der Waals surface area contributed by atoms with Gasteiger partial charge in [-0.2, -0.15) is 13.2 Å². The summed E-state index contributed by atoms with van der Waals surface area (Å²) < 4.78 is 39.0. The lowest BCUT2D eigenvalue weighted by Crippen LogP contribution is -2.39. The highest BCUT2D eigenvalue weighted by atomic mass is 19.4. The zero-order valence-corrected chi connectivity index (χ0v) is 11.9. The van der Waals surface area contributed by atoms with Gasteiger partial charge in [-0.3, -0.25) is 9.88 Å². The summed E-state index contributed by atoms with van der Waals surface area (Å²) in [4.78, 5) is 6.59. The highest BCUT2D eigenvalue weighted by Crippen LogP contribution is 2.41. The van der Waals surface area contributed by atoms with Crippen LogP contribution in [0.3, 0.4) is 0 Å². The monoisotopic (exact) mass is 299 g/mol. The van der Waals surface area contributed by atoms with Crippen molar-refractivity contribution in [3.8, 4) is 0 Å². The van der Waals surface area contributed by atoms with Crippen molar-refractivity contribution in [3.05, 3.63) is 29.1 Å². The van der Waals surface area contributed by atoms with Crippen LogP contribution in [-0.4, -0.2) is 29.0 Å². The fraction of sp³-hybridized carbons (Fsp3) is 0.667. The second-order valence-electron chi connectivity index (χ2n) is 6.16. The summed E-state index contributed by atoms with van der Waals surface area (Å²) >= 11 is 0. The Morgan fingerprint density at radius 3 is 2.38 bits per heavy atom. The van der Waals surface area contributed by atoms with Gasteiger partial charge in [-0.15, -0.1) is 0 Å². The first kappa shape index (κ1) is 14.8. The molecule has 0 aromatic carbocycles. The SMILES string of the molecule is NC1CCN(Cc2cc(C(F)(F)F)cc(C3CC3)n2)CC1. The molecule has 6 heteroatoms. The second-order valence-corrected chi connectivity index (χ2v) is 6.16. The fourth-order valence-electron chi connectivity index (χ4n) is 2.78. The first-order valence-electron chi connectivity index (χ1n) is 7.48. The fourth-order valence-corrected chi connectivity index (χ4v) is 2.78. The van der Waals surface area contributed by atoms with E-state index in [0.29, 0.717) is 17.9 Å². The highest BCUT2D eigenvalue weighted by Gasteiger charge is 2.34. The van der Waals surface area contributed by atoms with Gasteiger partial charge in [-0.1, -0.05) is 0 Å². The molecule has 3 rings (SSSR count). The van der Waals surface area contributed by atoms with Crippen molar-refractivity contribution in [2.24, 2.45) is 5.73 Å². The van der Waals surface area contributed by atoms with Crippen LogP contribution in [0.1, 0.15) is 48.6 Å². The summed E-state index contributed by atoms with van der Waals surface area (Å²) in [6, 6.07) is 2.63. The van der Waals surface area contributed by atoms with Gasteiger partial charge in [0.1, 0.15) is 0 Å². The summed E-state index contributed by atoms with van der Waals surface area (Å²) in [5, 5.41) is 0. The van der Waals surface area contributed by atoms with Gasteiger partial charge in [0.25, 0.3) is 0 Å². The average molecular weight is 299 g/mol. The molecule has 0 spiro atoms. The summed E-state index contributed by atoms with van der Waals surface area (Å²) in [5.74, 6) is 0.223. The molecular weight excluding hydrogens is 279 g/mol. The minimum Gasteiger partial charge on any atom is -0.328 e. The molecule has 3 nitrogen and oxygen atoms in total. The maximum Gasteiger partial charge on any atom is 0.416 e. The highest BCUT2D eigenvalue weighted by molar-refractivity contribution is 5.28. The molecule has 1 aromatic heterocycles. The topological polar surface area (TPSA) is 42.1 Å². The van der Waals surface area contributed by atoms with Crippen LogP contribution in [0.15, 0.2) is 12.1 Å². The molecule has 0 amide bonds. The number of pyridine rings is 1. The Balaban J connectivity index is 1.78. The largest absolute Gasteiger partial charge is 0.416 e. The molecule has 0 radical (unpaired) electrons. The van der Waals surface area contributed by atoms with E-state index in [2.05, 4.69) is 9.88 Å². The van der Waals surface area contributed by atoms with Gasteiger partial charge >= 0.3 is 6.18 Å². The molecule has 0 atom stereocenters. The Bertz CT molecular complexity index is 503. The van der Waals surface area contributed by atoms with Gasteiger partial charge in [0, 0.05) is 37.3 Å². The van der Waals surface area contributed by atoms with Gasteiger partial charge < -0.3 is 5.73 Å². The van der Waals surface area contributed by atoms with Crippen molar-refractivity contribution in [1.29, 1.82) is 0 Å². The number of rotatable bonds is 3. The zero-order chi connectivity index (χ0) is 15.0. The third-order valence-corrected chi connectivity index (χ3v) is 4.24. The maximum atomic E-state index is 13.0. The molecular formula is C15H20F3N3. The van der Waals surface area contributed by atoms with Crippen molar-refractivity contribution in [2.75, 3.05) is 13.1 Å². The molecule has 2 aliphatic rings. The number of hydrogen-bond donors (Lipinski definition) is 1. The predicted molar refractivity (Wildman–Crippen MR) is 73.7 cm³/mol. The van der Waals surface area contributed by atoms with Crippen LogP contribution >= 0.6 is 0 Å². The molecule has 2 fully saturated rings. The summed E-state index contributed by atoms with van der Waals surface area (Å²) in [7, 11) is 0. The molecule has 0 bridgehead atoms. The number of alkyl halides is 3. The van der Waals surface area contributed by atoms with E-state index in [1.54, 1.807) is 0 Å². The Hall–Kier alpha value is -1.14. The minimum atomic E-state index is -4.30. The van der Waals surface area contributed by atoms with Crippen molar-refractivity contribution >= 4 is 0 Å². The van der Waals surface area contributed by atoms with E-state index < -0.39 is 11.7 Å². The average Bonchev–Trinajstić information content (AvgIpc) is 3.24. The lowest BCUT2D eigenvalue weighted by molar-refractivity contribution is -0.137. The Kier molecular flexibility index (Phi) is 3.92. The first-order valence-corrected chi connectivity index (χ1v) is 7.48. The van der Waals surface area contributed by atoms with Crippen molar-refractivity contribution in [1.82, 2.24) is 9.88 Å². The van der Waals surface area contributed by atoms with E-state index in [0.717, 1.165) is 38.8 Å². The summed E-state index contributed by atoms with van der Waals surface area (Å²) in [5.41, 5.74) is 6.42. The number of nitrogens with two attached hydrogens (primary N) is 1. The first-order chi connectivity index (χ1) is 9.91. The summed E-state index contributed by atoms with van der Waals surface area (Å²) in [6.45, 7) is 2.14. The molecule has 1 aromatic rings. The molecule has 2 heterocycles. The van der Waals surface area contributed by atoms with Crippen molar-refractivity contribution in [2.45, 2.75) is 50.4 Å². The molecule has 0 unspecified atom stereocenters. The van der Waals surface area contributed by atoms with Gasteiger partial charge in [-0.05, 0) is 37.8 Å². The minimum absolute atomic E-state index is 0.220. The standard InChI is InChI=1S/C15H20F3N3/c16-15(17,18)11-7-13(20-14(8-11)10-1-2-10)9-21-5-3-12(19)4-6-21/h7-8,10,12H,1-6,9,19H2. The van der Waals surface area contributed by atoms with Crippen LogP contribution in [0, 0.1) is 0 Å². The van der Waals surface area contributed by atoms with Crippen LogP contribution in [-0.2, 0) is 12.7 Å². The predicted octanol–water partition coefficient (Wildman–Crippen LogP) is 2.90. The van der Waals surface area contributed by atoms with E-state index >= 15 is 0 Å². The number of hydrogen-bond acceptors (Lipinski definition) is 3. The number of aromatic nitrogens is 1. The van der Waals surface area contributed by atoms with Crippen LogP contribution in [0.4, 0.5) is 13.2 Å². The second kappa shape index (κ2) is 5.57. The van der Waals surface area contributed by atoms with E-state index in [-0.39, 0.29) is 12.0 Å². The van der Waals surface area contributed by atoms with Crippen molar-refractivity contribution in [3.63, 3.8) is 0 Å². The molecule has 1 aliphatic carbocycles. The van der Waals surface area contributed by atoms with Crippen LogP contribution < -0.4 is 5.73 Å². The van der Waals surface area contributed by atoms with Gasteiger partial charge in [0.15, 0.2) is 0 Å². The number of nitrogens with zero attached hydrogens (tertiary/aromatic N) is 2. The third kappa shape index (κ3) is 3.74. The Labute approximate surface area is 122 Å². The number of likely N-dealkylation sites (tertiary alicyclic amines) is 1. The lowest BCUT2D eigenvalue weighted by atomic mass is 10.1. The van der Waals surface area contributed by atoms with E-state index in [9.17, 15) is 13.2 Å². The maximum absolute atomic E-state index is 13.0. The van der Waals surface area contributed by atoms with E-state index in [1.807, 2.05) is 0 Å². The quantitative estimate of drug-likeness (QED) is 0.933.